The predicted octanol–water partition coefficient (Wildman–Crippen LogP) is 2.18. The molecule has 7 heteroatoms. The molecule has 21 heavy (non-hydrogen) atoms. The summed E-state index contributed by atoms with van der Waals surface area (Å²) >= 11 is 0. The number of non-ortho nitro benzene ring substituents is 1. The third kappa shape index (κ3) is 2.08. The lowest BCUT2D eigenvalue weighted by molar-refractivity contribution is -0.664. The van der Waals surface area contributed by atoms with Gasteiger partial charge in [0.2, 0.25) is 5.52 Å². The first-order valence-electron chi connectivity index (χ1n) is 6.32. The highest BCUT2D eigenvalue weighted by atomic mass is 16.6. The van der Waals surface area contributed by atoms with Crippen molar-refractivity contribution in [2.24, 2.45) is 0 Å². The van der Waals surface area contributed by atoms with Gasteiger partial charge in [-0.05, 0) is 30.3 Å². The molecular weight excluding hydrogens is 272 g/mol. The molecule has 106 valence electrons. The minimum Gasteiger partial charge on any atom is -0.692 e. The van der Waals surface area contributed by atoms with Crippen LogP contribution in [-0.2, 0) is 0 Å². The van der Waals surface area contributed by atoms with Crippen molar-refractivity contribution in [3.05, 3.63) is 62.8 Å². The fraction of sp³-hybridized carbons (Fsp3) is 0.143. The van der Waals surface area contributed by atoms with Crippen LogP contribution < -0.4 is 4.85 Å². The van der Waals surface area contributed by atoms with Gasteiger partial charge in [-0.25, -0.2) is 0 Å². The molecule has 2 aromatic carbocycles. The fourth-order valence-electron chi connectivity index (χ4n) is 2.29. The van der Waals surface area contributed by atoms with E-state index >= 15 is 0 Å². The zero-order valence-electron chi connectivity index (χ0n) is 11.5. The second kappa shape index (κ2) is 4.55. The number of benzene rings is 2. The van der Waals surface area contributed by atoms with Crippen LogP contribution in [0.5, 0.6) is 0 Å². The monoisotopic (exact) mass is 284 g/mol. The van der Waals surface area contributed by atoms with E-state index in [1.54, 1.807) is 6.07 Å². The van der Waals surface area contributed by atoms with Crippen LogP contribution in [0, 0.1) is 29.2 Å². The minimum absolute atomic E-state index is 0.132. The van der Waals surface area contributed by atoms with Crippen LogP contribution in [0.25, 0.3) is 16.7 Å². The molecule has 0 saturated carbocycles. The smallest absolute Gasteiger partial charge is 0.274 e. The van der Waals surface area contributed by atoms with E-state index in [9.17, 15) is 15.3 Å². The molecule has 0 unspecified atom stereocenters. The molecule has 3 rings (SSSR count). The first-order valence-corrected chi connectivity index (χ1v) is 6.32. The lowest BCUT2D eigenvalue weighted by Crippen LogP contribution is -2.37. The summed E-state index contributed by atoms with van der Waals surface area (Å²) in [7, 11) is 0. The summed E-state index contributed by atoms with van der Waals surface area (Å²) in [5.74, 6) is 0. The van der Waals surface area contributed by atoms with Gasteiger partial charge in [-0.3, -0.25) is 10.1 Å². The summed E-state index contributed by atoms with van der Waals surface area (Å²) in [6.45, 7) is 3.85. The Bertz CT molecular complexity index is 870. The van der Waals surface area contributed by atoms with Crippen molar-refractivity contribution in [3.63, 3.8) is 0 Å². The van der Waals surface area contributed by atoms with Crippen LogP contribution in [0.4, 0.5) is 5.69 Å². The van der Waals surface area contributed by atoms with Crippen LogP contribution >= 0.6 is 0 Å². The van der Waals surface area contributed by atoms with Crippen molar-refractivity contribution in [2.45, 2.75) is 13.8 Å². The SMILES string of the molecule is Cc1ccc(-n2nc3ccc([N+](=O)[O-])cc3[n+]2[O-])c(C)c1. The van der Waals surface area contributed by atoms with Crippen molar-refractivity contribution in [3.8, 4) is 5.69 Å². The van der Waals surface area contributed by atoms with Crippen LogP contribution in [0.2, 0.25) is 0 Å². The zero-order valence-corrected chi connectivity index (χ0v) is 11.5. The predicted molar refractivity (Wildman–Crippen MR) is 76.2 cm³/mol. The Kier molecular flexibility index (Phi) is 2.83. The van der Waals surface area contributed by atoms with Gasteiger partial charge in [0, 0.05) is 12.1 Å². The van der Waals surface area contributed by atoms with Crippen molar-refractivity contribution in [2.75, 3.05) is 0 Å². The summed E-state index contributed by atoms with van der Waals surface area (Å²) in [6.07, 6.45) is 0. The largest absolute Gasteiger partial charge is 0.692 e. The van der Waals surface area contributed by atoms with E-state index in [2.05, 4.69) is 5.10 Å². The van der Waals surface area contributed by atoms with E-state index in [1.807, 2.05) is 26.0 Å². The molecule has 0 N–H and O–H groups in total. The van der Waals surface area contributed by atoms with Gasteiger partial charge >= 0.3 is 0 Å². The van der Waals surface area contributed by atoms with Gasteiger partial charge in [-0.2, -0.15) is 0 Å². The van der Waals surface area contributed by atoms with E-state index in [-0.39, 0.29) is 11.2 Å². The number of hydrogen-bond acceptors (Lipinski definition) is 4. The van der Waals surface area contributed by atoms with Gasteiger partial charge in [0.25, 0.3) is 11.2 Å². The Labute approximate surface area is 119 Å². The van der Waals surface area contributed by atoms with E-state index in [0.717, 1.165) is 11.1 Å². The first kappa shape index (κ1) is 13.0. The molecule has 0 saturated heterocycles. The van der Waals surface area contributed by atoms with Crippen molar-refractivity contribution in [1.29, 1.82) is 0 Å². The van der Waals surface area contributed by atoms with Crippen LogP contribution in [-0.4, -0.2) is 14.8 Å². The third-order valence-corrected chi connectivity index (χ3v) is 3.32. The number of hydrogen-bond donors (Lipinski definition) is 0. The number of aryl methyl sites for hydroxylation is 2. The molecule has 1 aromatic heterocycles. The Hall–Kier alpha value is -2.96. The molecule has 0 bridgehead atoms. The van der Waals surface area contributed by atoms with Crippen molar-refractivity contribution < 1.29 is 9.77 Å². The maximum atomic E-state index is 12.3. The third-order valence-electron chi connectivity index (χ3n) is 3.32. The number of fused-ring (bicyclic) bond motifs is 1. The Morgan fingerprint density at radius 3 is 2.62 bits per heavy atom. The average Bonchev–Trinajstić information content (AvgIpc) is 2.75. The fourth-order valence-corrected chi connectivity index (χ4v) is 2.29. The molecule has 0 amide bonds. The molecule has 7 nitrogen and oxygen atoms in total. The van der Waals surface area contributed by atoms with E-state index in [0.29, 0.717) is 16.0 Å². The highest BCUT2D eigenvalue weighted by Gasteiger charge is 2.20. The maximum absolute atomic E-state index is 12.3. The zero-order chi connectivity index (χ0) is 15.1. The first-order chi connectivity index (χ1) is 9.97. The summed E-state index contributed by atoms with van der Waals surface area (Å²) in [5.41, 5.74) is 3.09. The topological polar surface area (TPSA) is 87.9 Å². The van der Waals surface area contributed by atoms with Gasteiger partial charge in [-0.15, -0.1) is 4.85 Å². The highest BCUT2D eigenvalue weighted by molar-refractivity contribution is 5.73. The lowest BCUT2D eigenvalue weighted by atomic mass is 10.1. The standard InChI is InChI=1S/C14H12N4O3/c1-9-3-6-13(10(2)7-9)16-15-12-5-4-11(18(20)21)8-14(12)17(16)19/h3-8H,1-2H3. The molecular formula is C14H12N4O3. The number of rotatable bonds is 2. The van der Waals surface area contributed by atoms with E-state index < -0.39 is 4.92 Å². The lowest BCUT2D eigenvalue weighted by Gasteiger charge is -2.07. The van der Waals surface area contributed by atoms with Crippen molar-refractivity contribution >= 4 is 16.7 Å². The Morgan fingerprint density at radius 1 is 1.19 bits per heavy atom. The molecule has 0 aliphatic carbocycles. The summed E-state index contributed by atoms with van der Waals surface area (Å²) < 4.78 is 0. The van der Waals surface area contributed by atoms with Gasteiger partial charge in [-0.1, -0.05) is 17.7 Å². The molecule has 0 fully saturated rings. The molecule has 3 aromatic rings. The number of nitro groups is 1. The summed E-state index contributed by atoms with van der Waals surface area (Å²) in [5, 5.41) is 27.3. The van der Waals surface area contributed by atoms with E-state index in [4.69, 9.17) is 0 Å². The number of nitrogens with zero attached hydrogens (tertiary/aromatic N) is 4. The van der Waals surface area contributed by atoms with Gasteiger partial charge in [0.1, 0.15) is 5.69 Å². The second-order valence-electron chi connectivity index (χ2n) is 4.88. The van der Waals surface area contributed by atoms with E-state index in [1.165, 1.54) is 23.0 Å². The normalized spacial score (nSPS) is 11.0. The molecule has 1 heterocycles. The maximum Gasteiger partial charge on any atom is 0.274 e. The Morgan fingerprint density at radius 2 is 1.95 bits per heavy atom. The van der Waals surface area contributed by atoms with Crippen LogP contribution in [0.15, 0.2) is 36.4 Å². The summed E-state index contributed by atoms with van der Waals surface area (Å²) in [4.78, 5) is 12.0. The number of aromatic nitrogens is 3. The highest BCUT2D eigenvalue weighted by Crippen LogP contribution is 2.19. The minimum atomic E-state index is -0.534. The van der Waals surface area contributed by atoms with Crippen molar-refractivity contribution in [1.82, 2.24) is 9.90 Å². The second-order valence-corrected chi connectivity index (χ2v) is 4.88. The summed E-state index contributed by atoms with van der Waals surface area (Å²) in [6, 6.07) is 9.68. The quantitative estimate of drug-likeness (QED) is 0.312. The molecule has 0 aliphatic heterocycles. The molecule has 0 aliphatic rings. The average molecular weight is 284 g/mol. The van der Waals surface area contributed by atoms with Crippen LogP contribution in [0.1, 0.15) is 11.1 Å². The van der Waals surface area contributed by atoms with Gasteiger partial charge in [0.15, 0.2) is 0 Å². The molecule has 0 atom stereocenters. The Balaban J connectivity index is 2.24. The van der Waals surface area contributed by atoms with Gasteiger partial charge < -0.3 is 5.21 Å². The van der Waals surface area contributed by atoms with Gasteiger partial charge in [0.05, 0.1) is 16.1 Å². The molecule has 0 radical (unpaired) electrons. The van der Waals surface area contributed by atoms with Crippen LogP contribution in [0.3, 0.4) is 0 Å². The number of nitro benzene ring substituents is 1. The molecule has 0 spiro atoms.